The van der Waals surface area contributed by atoms with Gasteiger partial charge in [0.15, 0.2) is 5.13 Å². The van der Waals surface area contributed by atoms with E-state index in [4.69, 9.17) is 11.5 Å². The van der Waals surface area contributed by atoms with Gasteiger partial charge in [0, 0.05) is 19.1 Å². The quantitative estimate of drug-likeness (QED) is 0.457. The Labute approximate surface area is 126 Å². The van der Waals surface area contributed by atoms with E-state index < -0.39 is 11.4 Å². The van der Waals surface area contributed by atoms with Gasteiger partial charge >= 0.3 is 0 Å². The molecule has 0 aromatic carbocycles. The van der Waals surface area contributed by atoms with Crippen LogP contribution in [0.3, 0.4) is 0 Å². The Balaban J connectivity index is 2.13. The maximum Gasteiger partial charge on any atom is 0.265 e. The Kier molecular flexibility index (Phi) is 4.67. The first-order valence-corrected chi connectivity index (χ1v) is 7.51. The van der Waals surface area contributed by atoms with Crippen LogP contribution in [-0.2, 0) is 0 Å². The second kappa shape index (κ2) is 6.14. The summed E-state index contributed by atoms with van der Waals surface area (Å²) in [6, 6.07) is 0.111. The van der Waals surface area contributed by atoms with E-state index in [1.54, 1.807) is 6.92 Å². The number of thiazole rings is 1. The van der Waals surface area contributed by atoms with E-state index in [9.17, 15) is 15.0 Å². The van der Waals surface area contributed by atoms with Gasteiger partial charge in [-0.2, -0.15) is 0 Å². The monoisotopic (exact) mass is 315 g/mol. The molecule has 1 fully saturated rings. The smallest absolute Gasteiger partial charge is 0.265 e. The van der Waals surface area contributed by atoms with E-state index in [1.165, 1.54) is 11.3 Å². The summed E-state index contributed by atoms with van der Waals surface area (Å²) < 4.78 is 0. The number of carbonyl (C=O) groups is 1. The third-order valence-electron chi connectivity index (χ3n) is 3.46. The molecule has 0 aliphatic carbocycles. The number of amides is 1. The van der Waals surface area contributed by atoms with Crippen LogP contribution in [0.25, 0.3) is 0 Å². The lowest BCUT2D eigenvalue weighted by Crippen LogP contribution is -2.51. The number of rotatable bonds is 5. The van der Waals surface area contributed by atoms with Crippen molar-refractivity contribution >= 4 is 28.2 Å². The summed E-state index contributed by atoms with van der Waals surface area (Å²) in [4.78, 5) is 18.7. The molecule has 0 spiro atoms. The van der Waals surface area contributed by atoms with Gasteiger partial charge in [-0.15, -0.1) is 0 Å². The van der Waals surface area contributed by atoms with E-state index in [1.807, 2.05) is 4.90 Å². The second-order valence-electron chi connectivity index (χ2n) is 5.54. The predicted molar refractivity (Wildman–Crippen MR) is 81.4 cm³/mol. The number of nitrogens with zero attached hydrogens (tertiary/aromatic N) is 2. The maximum atomic E-state index is 12.2. The van der Waals surface area contributed by atoms with Crippen molar-refractivity contribution in [2.24, 2.45) is 5.73 Å². The SMILES string of the molecule is CC(CO)(CO)NC(=O)c1sc(N2CCC(N)C2)nc1N. The van der Waals surface area contributed by atoms with Crippen LogP contribution in [0, 0.1) is 0 Å². The molecule has 21 heavy (non-hydrogen) atoms. The van der Waals surface area contributed by atoms with Gasteiger partial charge in [0.1, 0.15) is 10.7 Å². The normalized spacial score (nSPS) is 19.0. The predicted octanol–water partition coefficient (Wildman–Crippen LogP) is -1.26. The Morgan fingerprint density at radius 3 is 2.76 bits per heavy atom. The lowest BCUT2D eigenvalue weighted by molar-refractivity contribution is 0.0728. The van der Waals surface area contributed by atoms with Gasteiger partial charge in [0.25, 0.3) is 5.91 Å². The summed E-state index contributed by atoms with van der Waals surface area (Å²) in [5, 5.41) is 21.7. The fraction of sp³-hybridized carbons (Fsp3) is 0.667. The zero-order chi connectivity index (χ0) is 15.6. The molecule has 7 N–H and O–H groups in total. The van der Waals surface area contributed by atoms with Crippen LogP contribution in [0.4, 0.5) is 10.9 Å². The molecule has 2 heterocycles. The number of hydrogen-bond donors (Lipinski definition) is 5. The van der Waals surface area contributed by atoms with Crippen LogP contribution >= 0.6 is 11.3 Å². The molecule has 0 saturated carbocycles. The highest BCUT2D eigenvalue weighted by Gasteiger charge is 2.29. The van der Waals surface area contributed by atoms with Gasteiger partial charge in [-0.3, -0.25) is 4.79 Å². The molecule has 1 aromatic heterocycles. The third-order valence-corrected chi connectivity index (χ3v) is 4.59. The number of anilines is 2. The van der Waals surface area contributed by atoms with Crippen LogP contribution in [0.1, 0.15) is 23.0 Å². The molecule has 1 aromatic rings. The summed E-state index contributed by atoms with van der Waals surface area (Å²) in [6.45, 7) is 2.28. The van der Waals surface area contributed by atoms with Crippen LogP contribution in [-0.4, -0.2) is 59.0 Å². The number of nitrogen functional groups attached to an aromatic ring is 1. The highest BCUT2D eigenvalue weighted by molar-refractivity contribution is 7.18. The zero-order valence-corrected chi connectivity index (χ0v) is 12.7. The molecular formula is C12H21N5O3S. The number of nitrogens with two attached hydrogens (primary N) is 2. The number of carbonyl (C=O) groups excluding carboxylic acids is 1. The van der Waals surface area contributed by atoms with Crippen LogP contribution in [0.5, 0.6) is 0 Å². The van der Waals surface area contributed by atoms with Crippen molar-refractivity contribution in [2.75, 3.05) is 36.9 Å². The number of nitrogens with one attached hydrogen (secondary N) is 1. The highest BCUT2D eigenvalue weighted by atomic mass is 32.1. The van der Waals surface area contributed by atoms with Crippen molar-refractivity contribution in [3.63, 3.8) is 0 Å². The van der Waals surface area contributed by atoms with Gasteiger partial charge in [0.2, 0.25) is 0 Å². The standard InChI is InChI=1S/C12H21N5O3S/c1-12(5-18,6-19)16-10(20)8-9(14)15-11(21-8)17-3-2-7(13)4-17/h7,18-19H,2-6,13-14H2,1H3,(H,16,20). The average Bonchev–Trinajstić information content (AvgIpc) is 3.04. The van der Waals surface area contributed by atoms with Gasteiger partial charge < -0.3 is 31.9 Å². The molecule has 1 aliphatic rings. The van der Waals surface area contributed by atoms with Crippen LogP contribution in [0.15, 0.2) is 0 Å². The topological polar surface area (TPSA) is 138 Å². The van der Waals surface area contributed by atoms with E-state index in [0.717, 1.165) is 13.0 Å². The van der Waals surface area contributed by atoms with Gasteiger partial charge in [0.05, 0.1) is 18.8 Å². The zero-order valence-electron chi connectivity index (χ0n) is 11.9. The molecule has 1 amide bonds. The maximum absolute atomic E-state index is 12.2. The van der Waals surface area contributed by atoms with E-state index in [-0.39, 0.29) is 30.0 Å². The Hall–Kier alpha value is -1.42. The molecule has 8 nitrogen and oxygen atoms in total. The molecule has 1 aliphatic heterocycles. The fourth-order valence-corrected chi connectivity index (χ4v) is 2.95. The summed E-state index contributed by atoms with van der Waals surface area (Å²) >= 11 is 1.19. The van der Waals surface area contributed by atoms with E-state index in [2.05, 4.69) is 10.3 Å². The van der Waals surface area contributed by atoms with Crippen molar-refractivity contribution < 1.29 is 15.0 Å². The summed E-state index contributed by atoms with van der Waals surface area (Å²) in [5.74, 6) is -0.309. The number of hydrogen-bond acceptors (Lipinski definition) is 8. The fourth-order valence-electron chi connectivity index (χ4n) is 2.04. The average molecular weight is 315 g/mol. The van der Waals surface area contributed by atoms with Crippen molar-refractivity contribution in [1.29, 1.82) is 0 Å². The first-order chi connectivity index (χ1) is 9.88. The summed E-state index contributed by atoms with van der Waals surface area (Å²) in [6.07, 6.45) is 0.883. The lowest BCUT2D eigenvalue weighted by Gasteiger charge is -2.25. The molecule has 1 saturated heterocycles. The van der Waals surface area contributed by atoms with Crippen molar-refractivity contribution in [3.05, 3.63) is 4.88 Å². The molecule has 1 atom stereocenters. The number of aliphatic hydroxyl groups excluding tert-OH is 2. The first kappa shape index (κ1) is 16.0. The Morgan fingerprint density at radius 1 is 1.57 bits per heavy atom. The van der Waals surface area contributed by atoms with Gasteiger partial charge in [-0.05, 0) is 13.3 Å². The molecular weight excluding hydrogens is 294 g/mol. The summed E-state index contributed by atoms with van der Waals surface area (Å²) in [5.41, 5.74) is 10.6. The third kappa shape index (κ3) is 3.43. The van der Waals surface area contributed by atoms with Crippen molar-refractivity contribution in [3.8, 4) is 0 Å². The molecule has 0 radical (unpaired) electrons. The lowest BCUT2D eigenvalue weighted by atomic mass is 10.1. The van der Waals surface area contributed by atoms with Gasteiger partial charge in [-0.1, -0.05) is 11.3 Å². The Morgan fingerprint density at radius 2 is 2.24 bits per heavy atom. The first-order valence-electron chi connectivity index (χ1n) is 6.69. The number of aliphatic hydroxyl groups is 2. The molecule has 9 heteroatoms. The minimum absolute atomic E-state index is 0.111. The van der Waals surface area contributed by atoms with Gasteiger partial charge in [-0.25, -0.2) is 4.98 Å². The molecule has 0 bridgehead atoms. The van der Waals surface area contributed by atoms with E-state index >= 15 is 0 Å². The van der Waals surface area contributed by atoms with Crippen LogP contribution < -0.4 is 21.7 Å². The largest absolute Gasteiger partial charge is 0.394 e. The number of aromatic nitrogens is 1. The molecule has 1 unspecified atom stereocenters. The van der Waals surface area contributed by atoms with Crippen molar-refractivity contribution in [2.45, 2.75) is 24.9 Å². The van der Waals surface area contributed by atoms with Crippen LogP contribution in [0.2, 0.25) is 0 Å². The van der Waals surface area contributed by atoms with E-state index in [0.29, 0.717) is 11.7 Å². The molecule has 2 rings (SSSR count). The summed E-state index contributed by atoms with van der Waals surface area (Å²) in [7, 11) is 0. The molecule has 118 valence electrons. The highest BCUT2D eigenvalue weighted by Crippen LogP contribution is 2.30. The van der Waals surface area contributed by atoms with Crippen molar-refractivity contribution in [1.82, 2.24) is 10.3 Å². The minimum Gasteiger partial charge on any atom is -0.394 e. The Bertz CT molecular complexity index is 517. The minimum atomic E-state index is -1.09. The second-order valence-corrected chi connectivity index (χ2v) is 6.51.